The van der Waals surface area contributed by atoms with Crippen molar-refractivity contribution in [1.82, 2.24) is 0 Å². The standard InChI is InChI=1S/C4H8O2.H2O/c1-2-6-4-3-5-1;/h1-4H2;1H2. The van der Waals surface area contributed by atoms with Gasteiger partial charge in [0, 0.05) is 0 Å². The van der Waals surface area contributed by atoms with Crippen LogP contribution >= 0.6 is 0 Å². The fourth-order valence-corrected chi connectivity index (χ4v) is 0.440. The lowest BCUT2D eigenvalue weighted by atomic mass is 10.6. The average molecular weight is 106 g/mol. The van der Waals surface area contributed by atoms with Crippen LogP contribution in [0.3, 0.4) is 0 Å². The van der Waals surface area contributed by atoms with E-state index in [1.165, 1.54) is 0 Å². The van der Waals surface area contributed by atoms with E-state index in [9.17, 15) is 0 Å². The third-order valence-corrected chi connectivity index (χ3v) is 0.744. The molecule has 3 heteroatoms. The van der Waals surface area contributed by atoms with Gasteiger partial charge in [-0.3, -0.25) is 0 Å². The maximum Gasteiger partial charge on any atom is 0.0701 e. The lowest BCUT2D eigenvalue weighted by Gasteiger charge is -2.09. The molecule has 2 N–H and O–H groups in total. The molecule has 0 unspecified atom stereocenters. The second kappa shape index (κ2) is 4.05. The Morgan fingerprint density at radius 2 is 1.00 bits per heavy atom. The molecule has 0 aromatic rings. The summed E-state index contributed by atoms with van der Waals surface area (Å²) in [7, 11) is 0. The first-order valence-corrected chi connectivity index (χ1v) is 2.15. The monoisotopic (exact) mass is 106 g/mol. The van der Waals surface area contributed by atoms with Crippen molar-refractivity contribution < 1.29 is 14.9 Å². The van der Waals surface area contributed by atoms with Gasteiger partial charge in [-0.05, 0) is 0 Å². The Morgan fingerprint density at radius 3 is 1.14 bits per heavy atom. The van der Waals surface area contributed by atoms with Gasteiger partial charge in [-0.1, -0.05) is 0 Å². The first-order valence-electron chi connectivity index (χ1n) is 2.15. The molecule has 0 radical (unpaired) electrons. The number of hydrogen-bond donors (Lipinski definition) is 0. The molecule has 44 valence electrons. The molecule has 1 aliphatic rings. The summed E-state index contributed by atoms with van der Waals surface area (Å²) in [6.07, 6.45) is 0. The highest BCUT2D eigenvalue weighted by Crippen LogP contribution is 1.85. The van der Waals surface area contributed by atoms with Gasteiger partial charge in [-0.2, -0.15) is 0 Å². The maximum absolute atomic E-state index is 4.94. The van der Waals surface area contributed by atoms with Gasteiger partial charge in [-0.15, -0.1) is 0 Å². The Labute approximate surface area is 42.5 Å². The molecule has 0 amide bonds. The van der Waals surface area contributed by atoms with Gasteiger partial charge >= 0.3 is 0 Å². The lowest BCUT2D eigenvalue weighted by molar-refractivity contribution is -0.0334. The van der Waals surface area contributed by atoms with E-state index < -0.39 is 0 Å². The van der Waals surface area contributed by atoms with Crippen molar-refractivity contribution in [2.24, 2.45) is 0 Å². The second-order valence-electron chi connectivity index (χ2n) is 1.22. The van der Waals surface area contributed by atoms with E-state index in [0.717, 1.165) is 26.4 Å². The van der Waals surface area contributed by atoms with Crippen LogP contribution in [0.4, 0.5) is 0 Å². The van der Waals surface area contributed by atoms with E-state index >= 15 is 0 Å². The average Bonchev–Trinajstić information content (AvgIpc) is 1.72. The normalized spacial score (nSPS) is 20.6. The fourth-order valence-electron chi connectivity index (χ4n) is 0.440. The molecule has 0 atom stereocenters. The third kappa shape index (κ3) is 2.56. The summed E-state index contributed by atoms with van der Waals surface area (Å²) in [5, 5.41) is 0. The van der Waals surface area contributed by atoms with Crippen LogP contribution in [0.1, 0.15) is 0 Å². The van der Waals surface area contributed by atoms with Crippen LogP contribution in [0.5, 0.6) is 0 Å². The van der Waals surface area contributed by atoms with Gasteiger partial charge in [0.1, 0.15) is 0 Å². The molecule has 0 spiro atoms. The van der Waals surface area contributed by atoms with Gasteiger partial charge in [0.15, 0.2) is 0 Å². The molecule has 3 nitrogen and oxygen atoms in total. The number of ether oxygens (including phenoxy) is 2. The van der Waals surface area contributed by atoms with Crippen LogP contribution in [0.15, 0.2) is 0 Å². The van der Waals surface area contributed by atoms with Crippen LogP contribution in [0.25, 0.3) is 0 Å². The van der Waals surface area contributed by atoms with Crippen molar-refractivity contribution in [3.63, 3.8) is 0 Å². The summed E-state index contributed by atoms with van der Waals surface area (Å²) in [6.45, 7) is 3.11. The Hall–Kier alpha value is -0.120. The van der Waals surface area contributed by atoms with Gasteiger partial charge in [0.05, 0.1) is 26.4 Å². The van der Waals surface area contributed by atoms with E-state index in [0.29, 0.717) is 0 Å². The summed E-state index contributed by atoms with van der Waals surface area (Å²) in [6, 6.07) is 0. The van der Waals surface area contributed by atoms with Crippen LogP contribution in [0.2, 0.25) is 0 Å². The molecular weight excluding hydrogens is 96.0 g/mol. The second-order valence-corrected chi connectivity index (χ2v) is 1.22. The molecule has 1 fully saturated rings. The lowest BCUT2D eigenvalue weighted by Crippen LogP contribution is -2.16. The summed E-state index contributed by atoms with van der Waals surface area (Å²) >= 11 is 0. The van der Waals surface area contributed by atoms with E-state index in [1.54, 1.807) is 0 Å². The Kier molecular flexibility index (Phi) is 3.98. The fraction of sp³-hybridized carbons (Fsp3) is 1.00. The number of rotatable bonds is 0. The predicted molar refractivity (Wildman–Crippen MR) is 25.3 cm³/mol. The molecule has 1 saturated heterocycles. The topological polar surface area (TPSA) is 50.0 Å². The largest absolute Gasteiger partial charge is 0.412 e. The summed E-state index contributed by atoms with van der Waals surface area (Å²) < 4.78 is 9.89. The third-order valence-electron chi connectivity index (χ3n) is 0.744. The van der Waals surface area contributed by atoms with Crippen molar-refractivity contribution in [3.05, 3.63) is 0 Å². The molecule has 1 aliphatic heterocycles. The zero-order valence-corrected chi connectivity index (χ0v) is 4.14. The first-order chi connectivity index (χ1) is 3.00. The van der Waals surface area contributed by atoms with Crippen molar-refractivity contribution in [2.75, 3.05) is 26.4 Å². The zero-order valence-electron chi connectivity index (χ0n) is 4.14. The molecular formula is C4H10O3. The predicted octanol–water partition coefficient (Wildman–Crippen LogP) is -0.792. The highest BCUT2D eigenvalue weighted by molar-refractivity contribution is 4.37. The van der Waals surface area contributed by atoms with Crippen LogP contribution < -0.4 is 0 Å². The zero-order chi connectivity index (χ0) is 4.24. The molecule has 7 heavy (non-hydrogen) atoms. The quantitative estimate of drug-likeness (QED) is 0.406. The Bertz CT molecular complexity index is 22.4. The highest BCUT2D eigenvalue weighted by atomic mass is 16.6. The minimum absolute atomic E-state index is 0. The maximum atomic E-state index is 4.94. The molecule has 1 heterocycles. The molecule has 0 aromatic carbocycles. The number of hydrogen-bond acceptors (Lipinski definition) is 2. The molecule has 0 bridgehead atoms. The van der Waals surface area contributed by atoms with Crippen LogP contribution in [-0.4, -0.2) is 31.9 Å². The van der Waals surface area contributed by atoms with Gasteiger partial charge in [-0.25, -0.2) is 0 Å². The minimum atomic E-state index is 0. The van der Waals surface area contributed by atoms with E-state index in [4.69, 9.17) is 9.47 Å². The Balaban J connectivity index is 0.000000360. The molecule has 0 aliphatic carbocycles. The first kappa shape index (κ1) is 6.88. The summed E-state index contributed by atoms with van der Waals surface area (Å²) in [4.78, 5) is 0. The van der Waals surface area contributed by atoms with Crippen molar-refractivity contribution in [3.8, 4) is 0 Å². The van der Waals surface area contributed by atoms with Crippen molar-refractivity contribution in [1.29, 1.82) is 0 Å². The van der Waals surface area contributed by atoms with Crippen molar-refractivity contribution in [2.45, 2.75) is 0 Å². The molecule has 1 rings (SSSR count). The smallest absolute Gasteiger partial charge is 0.0701 e. The van der Waals surface area contributed by atoms with Crippen LogP contribution in [0, 0.1) is 0 Å². The van der Waals surface area contributed by atoms with E-state index in [1.807, 2.05) is 0 Å². The van der Waals surface area contributed by atoms with Crippen molar-refractivity contribution >= 4 is 0 Å². The van der Waals surface area contributed by atoms with Gasteiger partial charge in [0.25, 0.3) is 0 Å². The van der Waals surface area contributed by atoms with E-state index in [2.05, 4.69) is 0 Å². The highest BCUT2D eigenvalue weighted by Gasteiger charge is 1.94. The SMILES string of the molecule is C1COCCO1.O. The van der Waals surface area contributed by atoms with Gasteiger partial charge < -0.3 is 14.9 Å². The van der Waals surface area contributed by atoms with Gasteiger partial charge in [0.2, 0.25) is 0 Å². The Morgan fingerprint density at radius 1 is 0.714 bits per heavy atom. The van der Waals surface area contributed by atoms with E-state index in [-0.39, 0.29) is 5.48 Å². The summed E-state index contributed by atoms with van der Waals surface area (Å²) in [5.74, 6) is 0. The molecule has 0 saturated carbocycles. The summed E-state index contributed by atoms with van der Waals surface area (Å²) in [5.41, 5.74) is 0. The molecule has 0 aromatic heterocycles. The minimum Gasteiger partial charge on any atom is -0.412 e. The van der Waals surface area contributed by atoms with Crippen LogP contribution in [-0.2, 0) is 9.47 Å².